The molecular formula is C24H21F2N5O2. The third kappa shape index (κ3) is 3.17. The number of aliphatic carboxylic acids is 1. The molecule has 3 heterocycles. The molecule has 0 aliphatic heterocycles. The lowest BCUT2D eigenvalue weighted by Gasteiger charge is -2.39. The van der Waals surface area contributed by atoms with Crippen LogP contribution in [0.5, 0.6) is 0 Å². The highest BCUT2D eigenvalue weighted by molar-refractivity contribution is 5.94. The first-order valence-electron chi connectivity index (χ1n) is 10.6. The molecule has 0 spiro atoms. The number of hydrogen-bond donors (Lipinski definition) is 2. The third-order valence-electron chi connectivity index (χ3n) is 6.56. The van der Waals surface area contributed by atoms with Gasteiger partial charge in [-0.2, -0.15) is 10.4 Å². The van der Waals surface area contributed by atoms with E-state index in [9.17, 15) is 23.9 Å². The molecule has 1 saturated carbocycles. The van der Waals surface area contributed by atoms with Crippen LogP contribution in [0.4, 0.5) is 8.78 Å². The Morgan fingerprint density at radius 1 is 1.36 bits per heavy atom. The average Bonchev–Trinajstić information content (AvgIpc) is 3.32. The van der Waals surface area contributed by atoms with Crippen molar-refractivity contribution >= 4 is 28.0 Å². The van der Waals surface area contributed by atoms with Crippen LogP contribution >= 0.6 is 0 Å². The summed E-state index contributed by atoms with van der Waals surface area (Å²) in [4.78, 5) is 16.2. The van der Waals surface area contributed by atoms with Crippen LogP contribution in [0.1, 0.15) is 50.3 Å². The monoisotopic (exact) mass is 449 g/mol. The number of nitrogens with zero attached hydrogens (tertiary/aromatic N) is 4. The lowest BCUT2D eigenvalue weighted by Crippen LogP contribution is -2.46. The van der Waals surface area contributed by atoms with Crippen molar-refractivity contribution in [1.82, 2.24) is 19.7 Å². The van der Waals surface area contributed by atoms with E-state index >= 15 is 0 Å². The molecule has 0 saturated heterocycles. The molecule has 0 atom stereocenters. The molecule has 0 unspecified atom stereocenters. The van der Waals surface area contributed by atoms with Gasteiger partial charge in [0, 0.05) is 34.2 Å². The molecule has 0 amide bonds. The summed E-state index contributed by atoms with van der Waals surface area (Å²) in [6, 6.07) is 10.1. The molecule has 1 aliphatic rings. The number of carbonyl (C=O) groups is 1. The first-order chi connectivity index (χ1) is 15.6. The summed E-state index contributed by atoms with van der Waals surface area (Å²) in [6.45, 7) is 3.83. The third-order valence-corrected chi connectivity index (χ3v) is 6.56. The van der Waals surface area contributed by atoms with Crippen molar-refractivity contribution in [3.05, 3.63) is 53.6 Å². The quantitative estimate of drug-likeness (QED) is 0.450. The van der Waals surface area contributed by atoms with Gasteiger partial charge in [-0.1, -0.05) is 13.8 Å². The van der Waals surface area contributed by atoms with Crippen LogP contribution in [0.2, 0.25) is 0 Å². The first-order valence-corrected chi connectivity index (χ1v) is 10.6. The summed E-state index contributed by atoms with van der Waals surface area (Å²) < 4.78 is 30.4. The van der Waals surface area contributed by atoms with E-state index < -0.39 is 23.0 Å². The van der Waals surface area contributed by atoms with Crippen LogP contribution in [0.25, 0.3) is 27.8 Å². The van der Waals surface area contributed by atoms with Gasteiger partial charge < -0.3 is 9.67 Å². The molecule has 1 aromatic carbocycles. The Hall–Kier alpha value is -3.80. The standard InChI is InChI=1S/C24H21F2N5O2/c1-23(2,7-8-27)20-18(14-10-24(26,11-14)22(32)33)19-17(9-13-12-28-30-21(13)29-19)31(20)16-5-3-15(25)4-6-16/h3-6,9,12,14H,7,10-11H2,1-2H3,(H,32,33)(H,28,29,30). The Morgan fingerprint density at radius 3 is 2.70 bits per heavy atom. The molecule has 5 rings (SSSR count). The Balaban J connectivity index is 1.86. The van der Waals surface area contributed by atoms with Crippen LogP contribution < -0.4 is 0 Å². The first kappa shape index (κ1) is 21.1. The summed E-state index contributed by atoms with van der Waals surface area (Å²) in [7, 11) is 0. The minimum absolute atomic E-state index is 0.170. The van der Waals surface area contributed by atoms with Crippen molar-refractivity contribution in [2.24, 2.45) is 0 Å². The Bertz CT molecular complexity index is 1440. The van der Waals surface area contributed by atoms with Gasteiger partial charge in [0.25, 0.3) is 0 Å². The number of carboxylic acid groups (broad SMARTS) is 1. The second-order valence-corrected chi connectivity index (χ2v) is 9.33. The zero-order chi connectivity index (χ0) is 23.5. The predicted octanol–water partition coefficient (Wildman–Crippen LogP) is 4.90. The van der Waals surface area contributed by atoms with Gasteiger partial charge in [0.2, 0.25) is 5.67 Å². The van der Waals surface area contributed by atoms with Crippen molar-refractivity contribution in [3.63, 3.8) is 0 Å². The van der Waals surface area contributed by atoms with Gasteiger partial charge in [-0.3, -0.25) is 5.10 Å². The maximum absolute atomic E-state index is 14.8. The van der Waals surface area contributed by atoms with Crippen LogP contribution in [0, 0.1) is 17.1 Å². The number of carboxylic acids is 1. The van der Waals surface area contributed by atoms with E-state index in [0.717, 1.165) is 16.6 Å². The van der Waals surface area contributed by atoms with Crippen molar-refractivity contribution in [3.8, 4) is 11.8 Å². The Kier molecular flexibility index (Phi) is 4.53. The summed E-state index contributed by atoms with van der Waals surface area (Å²) >= 11 is 0. The number of aromatic amines is 1. The van der Waals surface area contributed by atoms with Gasteiger partial charge in [0.15, 0.2) is 5.65 Å². The number of halogens is 2. The number of benzene rings is 1. The molecule has 7 nitrogen and oxygen atoms in total. The van der Waals surface area contributed by atoms with E-state index in [1.54, 1.807) is 18.3 Å². The van der Waals surface area contributed by atoms with Gasteiger partial charge in [-0.05, 0) is 49.1 Å². The molecule has 0 radical (unpaired) electrons. The van der Waals surface area contributed by atoms with Gasteiger partial charge in [0.05, 0.1) is 23.3 Å². The van der Waals surface area contributed by atoms with Crippen molar-refractivity contribution in [2.45, 2.75) is 50.1 Å². The summed E-state index contributed by atoms with van der Waals surface area (Å²) in [5, 5.41) is 26.5. The van der Waals surface area contributed by atoms with E-state index in [1.165, 1.54) is 12.1 Å². The van der Waals surface area contributed by atoms with E-state index in [1.807, 2.05) is 24.5 Å². The fourth-order valence-electron chi connectivity index (χ4n) is 4.88. The van der Waals surface area contributed by atoms with Crippen LogP contribution in [-0.2, 0) is 10.2 Å². The molecule has 0 bridgehead atoms. The van der Waals surface area contributed by atoms with Crippen LogP contribution in [0.15, 0.2) is 36.5 Å². The summed E-state index contributed by atoms with van der Waals surface area (Å²) in [6.07, 6.45) is 1.46. The average molecular weight is 449 g/mol. The van der Waals surface area contributed by atoms with Gasteiger partial charge in [0.1, 0.15) is 5.82 Å². The topological polar surface area (TPSA) is 108 Å². The lowest BCUT2D eigenvalue weighted by atomic mass is 9.67. The zero-order valence-electron chi connectivity index (χ0n) is 18.1. The molecule has 9 heteroatoms. The van der Waals surface area contributed by atoms with Crippen LogP contribution in [-0.4, -0.2) is 36.5 Å². The normalized spacial score (nSPS) is 20.6. The maximum atomic E-state index is 14.8. The number of nitriles is 1. The highest BCUT2D eigenvalue weighted by Gasteiger charge is 2.54. The van der Waals surface area contributed by atoms with Gasteiger partial charge in [-0.25, -0.2) is 18.6 Å². The minimum atomic E-state index is -2.29. The molecular weight excluding hydrogens is 428 g/mol. The number of alkyl halides is 1. The smallest absolute Gasteiger partial charge is 0.341 e. The largest absolute Gasteiger partial charge is 0.479 e. The molecule has 3 aromatic heterocycles. The van der Waals surface area contributed by atoms with Crippen molar-refractivity contribution < 1.29 is 18.7 Å². The number of pyridine rings is 1. The highest BCUT2D eigenvalue weighted by Crippen LogP contribution is 2.53. The Morgan fingerprint density at radius 2 is 2.06 bits per heavy atom. The minimum Gasteiger partial charge on any atom is -0.479 e. The lowest BCUT2D eigenvalue weighted by molar-refractivity contribution is -0.158. The van der Waals surface area contributed by atoms with Gasteiger partial charge in [-0.15, -0.1) is 0 Å². The predicted molar refractivity (Wildman–Crippen MR) is 117 cm³/mol. The molecule has 1 aliphatic carbocycles. The van der Waals surface area contributed by atoms with E-state index in [-0.39, 0.29) is 25.1 Å². The number of nitrogens with one attached hydrogen (secondary N) is 1. The highest BCUT2D eigenvalue weighted by atomic mass is 19.1. The molecule has 4 aromatic rings. The molecule has 33 heavy (non-hydrogen) atoms. The Labute approximate surface area is 187 Å². The second-order valence-electron chi connectivity index (χ2n) is 9.33. The van der Waals surface area contributed by atoms with Crippen LogP contribution in [0.3, 0.4) is 0 Å². The number of rotatable bonds is 5. The molecule has 1 fully saturated rings. The molecule has 2 N–H and O–H groups in total. The van der Waals surface area contributed by atoms with Crippen molar-refractivity contribution in [2.75, 3.05) is 0 Å². The zero-order valence-corrected chi connectivity index (χ0v) is 18.1. The number of aromatic nitrogens is 4. The van der Waals surface area contributed by atoms with E-state index in [2.05, 4.69) is 16.3 Å². The second kappa shape index (κ2) is 7.10. The number of fused-ring (bicyclic) bond motifs is 2. The number of H-pyrrole nitrogens is 1. The summed E-state index contributed by atoms with van der Waals surface area (Å²) in [5.41, 5.74) is 1.02. The molecule has 168 valence electrons. The van der Waals surface area contributed by atoms with Gasteiger partial charge >= 0.3 is 5.97 Å². The maximum Gasteiger partial charge on any atom is 0.341 e. The van der Waals surface area contributed by atoms with E-state index in [0.29, 0.717) is 22.4 Å². The SMILES string of the molecule is CC(C)(CC#N)c1c(C2CC(F)(C(=O)O)C2)c2nc3[nH]ncc3cc2n1-c1ccc(F)cc1. The number of hydrogen-bond acceptors (Lipinski definition) is 4. The van der Waals surface area contributed by atoms with Crippen molar-refractivity contribution in [1.29, 1.82) is 5.26 Å². The summed E-state index contributed by atoms with van der Waals surface area (Å²) in [5.74, 6) is -2.25. The fourth-order valence-corrected chi connectivity index (χ4v) is 4.88. The van der Waals surface area contributed by atoms with E-state index in [4.69, 9.17) is 4.98 Å². The fraction of sp³-hybridized carbons (Fsp3) is 0.333.